The highest BCUT2D eigenvalue weighted by atomic mass is 32.2. The summed E-state index contributed by atoms with van der Waals surface area (Å²) in [6.07, 6.45) is 0. The Hall–Kier alpha value is -1.61. The van der Waals surface area contributed by atoms with Crippen LogP contribution in [-0.2, 0) is 17.1 Å². The van der Waals surface area contributed by atoms with Gasteiger partial charge in [-0.3, -0.25) is 4.79 Å². The van der Waals surface area contributed by atoms with E-state index in [-0.39, 0.29) is 17.5 Å². The Bertz CT molecular complexity index is 637. The molecule has 0 atom stereocenters. The van der Waals surface area contributed by atoms with Gasteiger partial charge < -0.3 is 5.32 Å². The molecule has 1 aromatic heterocycles. The van der Waals surface area contributed by atoms with Crippen molar-refractivity contribution in [2.75, 3.05) is 18.1 Å². The number of benzene rings is 1. The highest BCUT2D eigenvalue weighted by Crippen LogP contribution is 2.15. The smallest absolute Gasteiger partial charge is 0.230 e. The molecule has 1 heterocycles. The number of amides is 1. The van der Waals surface area contributed by atoms with Gasteiger partial charge in [0.1, 0.15) is 5.82 Å². The summed E-state index contributed by atoms with van der Waals surface area (Å²) in [6.45, 7) is 3.16. The Morgan fingerprint density at radius 3 is 3.00 bits per heavy atom. The predicted molar refractivity (Wildman–Crippen MR) is 89.8 cm³/mol. The maximum atomic E-state index is 13.4. The molecule has 124 valence electrons. The van der Waals surface area contributed by atoms with E-state index in [1.54, 1.807) is 28.6 Å². The van der Waals surface area contributed by atoms with Crippen LogP contribution in [0.4, 0.5) is 4.39 Å². The molecule has 0 aliphatic rings. The zero-order valence-electron chi connectivity index (χ0n) is 12.7. The first kappa shape index (κ1) is 17.7. The number of halogens is 1. The molecule has 1 amide bonds. The largest absolute Gasteiger partial charge is 0.355 e. The van der Waals surface area contributed by atoms with Crippen molar-refractivity contribution >= 4 is 29.4 Å². The second-order valence-corrected chi connectivity index (χ2v) is 6.61. The molecule has 0 aliphatic heterocycles. The van der Waals surface area contributed by atoms with Crippen molar-refractivity contribution in [2.45, 2.75) is 24.4 Å². The van der Waals surface area contributed by atoms with E-state index in [2.05, 4.69) is 20.8 Å². The summed E-state index contributed by atoms with van der Waals surface area (Å²) in [5.74, 6) is 1.36. The SMILES string of the molecule is CCn1nnnc1SCC(=O)NCCSCc1ccccc1F. The number of carbonyl (C=O) groups excluding carboxylic acids is 1. The number of thioether (sulfide) groups is 2. The fourth-order valence-electron chi connectivity index (χ4n) is 1.74. The Kier molecular flexibility index (Phi) is 7.34. The summed E-state index contributed by atoms with van der Waals surface area (Å²) in [7, 11) is 0. The van der Waals surface area contributed by atoms with Crippen molar-refractivity contribution in [1.82, 2.24) is 25.5 Å². The molecule has 0 saturated heterocycles. The molecule has 0 saturated carbocycles. The van der Waals surface area contributed by atoms with Crippen LogP contribution in [0.25, 0.3) is 0 Å². The van der Waals surface area contributed by atoms with Gasteiger partial charge in [0.15, 0.2) is 0 Å². The van der Waals surface area contributed by atoms with Gasteiger partial charge in [-0.2, -0.15) is 11.8 Å². The van der Waals surface area contributed by atoms with Crippen molar-refractivity contribution in [3.63, 3.8) is 0 Å². The first-order chi connectivity index (χ1) is 11.2. The molecule has 1 N–H and O–H groups in total. The lowest BCUT2D eigenvalue weighted by atomic mass is 10.2. The first-order valence-electron chi connectivity index (χ1n) is 7.17. The second kappa shape index (κ2) is 9.51. The number of aryl methyl sites for hydroxylation is 1. The minimum atomic E-state index is -0.186. The highest BCUT2D eigenvalue weighted by Gasteiger charge is 2.08. The molecule has 0 bridgehead atoms. The maximum absolute atomic E-state index is 13.4. The van der Waals surface area contributed by atoms with Gasteiger partial charge in [0.2, 0.25) is 11.1 Å². The number of hydrogen-bond donors (Lipinski definition) is 1. The maximum Gasteiger partial charge on any atom is 0.230 e. The van der Waals surface area contributed by atoms with Gasteiger partial charge in [0, 0.05) is 24.6 Å². The molecule has 1 aromatic carbocycles. The summed E-state index contributed by atoms with van der Waals surface area (Å²) < 4.78 is 15.1. The van der Waals surface area contributed by atoms with E-state index in [1.165, 1.54) is 17.8 Å². The van der Waals surface area contributed by atoms with Crippen LogP contribution in [0.5, 0.6) is 0 Å². The van der Waals surface area contributed by atoms with E-state index >= 15 is 0 Å². The van der Waals surface area contributed by atoms with Gasteiger partial charge in [-0.25, -0.2) is 9.07 Å². The molecular formula is C14H18FN5OS2. The van der Waals surface area contributed by atoms with Gasteiger partial charge in [0.05, 0.1) is 5.75 Å². The van der Waals surface area contributed by atoms with E-state index < -0.39 is 0 Å². The highest BCUT2D eigenvalue weighted by molar-refractivity contribution is 7.99. The van der Waals surface area contributed by atoms with Crippen molar-refractivity contribution in [2.24, 2.45) is 0 Å². The number of rotatable bonds is 9. The zero-order chi connectivity index (χ0) is 16.5. The van der Waals surface area contributed by atoms with E-state index in [0.717, 1.165) is 5.75 Å². The molecule has 0 radical (unpaired) electrons. The molecule has 23 heavy (non-hydrogen) atoms. The lowest BCUT2D eigenvalue weighted by Crippen LogP contribution is -2.27. The van der Waals surface area contributed by atoms with Gasteiger partial charge in [-0.15, -0.1) is 5.10 Å². The quantitative estimate of drug-likeness (QED) is 0.548. The number of nitrogens with zero attached hydrogens (tertiary/aromatic N) is 4. The van der Waals surface area contributed by atoms with Crippen LogP contribution in [-0.4, -0.2) is 44.2 Å². The average molecular weight is 355 g/mol. The third kappa shape index (κ3) is 5.83. The molecule has 6 nitrogen and oxygen atoms in total. The third-order valence-corrected chi connectivity index (χ3v) is 4.88. The molecule has 0 spiro atoms. The molecular weight excluding hydrogens is 337 g/mol. The number of tetrazole rings is 1. The molecule has 0 aliphatic carbocycles. The van der Waals surface area contributed by atoms with Crippen LogP contribution in [0.3, 0.4) is 0 Å². The van der Waals surface area contributed by atoms with Gasteiger partial charge in [-0.05, 0) is 29.0 Å². The monoisotopic (exact) mass is 355 g/mol. The Morgan fingerprint density at radius 2 is 2.22 bits per heavy atom. The Labute approximate surface area is 142 Å². The van der Waals surface area contributed by atoms with Gasteiger partial charge in [0.25, 0.3) is 0 Å². The predicted octanol–water partition coefficient (Wildman–Crippen LogP) is 1.97. The standard InChI is InChI=1S/C14H18FN5OS2/c1-2-20-14(17-18-19-20)23-10-13(21)16-7-8-22-9-11-5-3-4-6-12(11)15/h3-6H,2,7-10H2,1H3,(H,16,21). The second-order valence-electron chi connectivity index (χ2n) is 4.56. The third-order valence-electron chi connectivity index (χ3n) is 2.91. The fourth-order valence-corrected chi connectivity index (χ4v) is 3.36. The molecule has 0 unspecified atom stereocenters. The van der Waals surface area contributed by atoms with Crippen LogP contribution >= 0.6 is 23.5 Å². The molecule has 9 heteroatoms. The normalized spacial score (nSPS) is 10.7. The van der Waals surface area contributed by atoms with E-state index in [0.29, 0.717) is 29.6 Å². The lowest BCUT2D eigenvalue weighted by molar-refractivity contribution is -0.118. The number of aromatic nitrogens is 4. The number of nitrogens with one attached hydrogen (secondary N) is 1. The van der Waals surface area contributed by atoms with E-state index in [9.17, 15) is 9.18 Å². The van der Waals surface area contributed by atoms with Crippen molar-refractivity contribution in [1.29, 1.82) is 0 Å². The number of carbonyl (C=O) groups is 1. The van der Waals surface area contributed by atoms with Gasteiger partial charge >= 0.3 is 0 Å². The summed E-state index contributed by atoms with van der Waals surface area (Å²) >= 11 is 2.89. The van der Waals surface area contributed by atoms with Crippen molar-refractivity contribution < 1.29 is 9.18 Å². The zero-order valence-corrected chi connectivity index (χ0v) is 14.4. The summed E-state index contributed by atoms with van der Waals surface area (Å²) in [4.78, 5) is 11.7. The number of hydrogen-bond acceptors (Lipinski definition) is 6. The van der Waals surface area contributed by atoms with Crippen LogP contribution in [0.2, 0.25) is 0 Å². The first-order valence-corrected chi connectivity index (χ1v) is 9.31. The van der Waals surface area contributed by atoms with Gasteiger partial charge in [-0.1, -0.05) is 30.0 Å². The molecule has 2 rings (SSSR count). The van der Waals surface area contributed by atoms with Crippen LogP contribution in [0.1, 0.15) is 12.5 Å². The lowest BCUT2D eigenvalue weighted by Gasteiger charge is -2.06. The van der Waals surface area contributed by atoms with Crippen molar-refractivity contribution in [3.05, 3.63) is 35.6 Å². The molecule has 0 fully saturated rings. The Morgan fingerprint density at radius 1 is 1.39 bits per heavy atom. The van der Waals surface area contributed by atoms with E-state index in [4.69, 9.17) is 0 Å². The summed E-state index contributed by atoms with van der Waals surface area (Å²) in [5, 5.41) is 14.7. The van der Waals surface area contributed by atoms with Crippen LogP contribution in [0.15, 0.2) is 29.4 Å². The minimum Gasteiger partial charge on any atom is -0.355 e. The van der Waals surface area contributed by atoms with Crippen LogP contribution < -0.4 is 5.32 Å². The van der Waals surface area contributed by atoms with E-state index in [1.807, 2.05) is 13.0 Å². The Balaban J connectivity index is 1.59. The molecule has 2 aromatic rings. The van der Waals surface area contributed by atoms with Crippen LogP contribution in [0, 0.1) is 5.82 Å². The topological polar surface area (TPSA) is 72.7 Å². The summed E-state index contributed by atoms with van der Waals surface area (Å²) in [5.41, 5.74) is 0.686. The van der Waals surface area contributed by atoms with Crippen molar-refractivity contribution in [3.8, 4) is 0 Å². The summed E-state index contributed by atoms with van der Waals surface area (Å²) in [6, 6.07) is 6.73. The fraction of sp³-hybridized carbons (Fsp3) is 0.429. The average Bonchev–Trinajstić information content (AvgIpc) is 3.02. The minimum absolute atomic E-state index is 0.0628.